The van der Waals surface area contributed by atoms with Crippen molar-refractivity contribution in [3.05, 3.63) is 18.2 Å². The van der Waals surface area contributed by atoms with E-state index in [1.807, 2.05) is 0 Å². The van der Waals surface area contributed by atoms with Crippen molar-refractivity contribution in [2.24, 2.45) is 0 Å². The molecule has 0 spiro atoms. The number of nitrogens with zero attached hydrogens (tertiary/aromatic N) is 2. The quantitative estimate of drug-likeness (QED) is 0.527. The molecule has 0 fully saturated rings. The van der Waals surface area contributed by atoms with Crippen molar-refractivity contribution in [3.63, 3.8) is 0 Å². The largest absolute Gasteiger partial charge is 0.396 e. The second-order valence-corrected chi connectivity index (χ2v) is 1.33. The first-order valence-electron chi connectivity index (χ1n) is 3.58. The predicted octanol–water partition coefficient (Wildman–Crippen LogP) is 0.367. The average Bonchev–Trinajstić information content (AvgIpc) is 1.86. The molecule has 0 bridgehead atoms. The van der Waals surface area contributed by atoms with Crippen LogP contribution >= 0.6 is 0 Å². The number of rotatable bonds is 0. The van der Waals surface area contributed by atoms with Crippen molar-refractivity contribution >= 4 is 5.69 Å². The van der Waals surface area contributed by atoms with E-state index in [1.54, 1.807) is 0 Å². The van der Waals surface area contributed by atoms with Crippen LogP contribution in [0.1, 0.15) is 9.81 Å². The highest BCUT2D eigenvalue weighted by atomic mass is 14.8. The first-order chi connectivity index (χ1) is 5.02. The van der Waals surface area contributed by atoms with Crippen LogP contribution in [-0.4, -0.2) is 9.97 Å². The number of hydrogen-bond acceptors (Lipinski definition) is 3. The molecule has 0 aliphatic rings. The number of hydrogen-bond donors (Lipinski definition) is 1. The van der Waals surface area contributed by atoms with E-state index in [-0.39, 0.29) is 11.4 Å². The Morgan fingerprint density at radius 3 is 3.25 bits per heavy atom. The summed E-state index contributed by atoms with van der Waals surface area (Å²) in [4.78, 5) is 7.12. The highest BCUT2D eigenvalue weighted by molar-refractivity contribution is 5.37. The standard InChI is InChI=1S/C5H7N3/c1-4-5(6)2-7-3-8-4/h2-3H,6H2,1H3/i1D3. The maximum atomic E-state index is 6.98. The van der Waals surface area contributed by atoms with E-state index in [2.05, 4.69) is 9.97 Å². The molecule has 0 atom stereocenters. The molecule has 0 aromatic carbocycles. The summed E-state index contributed by atoms with van der Waals surface area (Å²) in [7, 11) is 0. The van der Waals surface area contributed by atoms with Gasteiger partial charge in [0.15, 0.2) is 0 Å². The van der Waals surface area contributed by atoms with Gasteiger partial charge in [0.1, 0.15) is 6.33 Å². The summed E-state index contributed by atoms with van der Waals surface area (Å²) in [5.74, 6) is 0. The van der Waals surface area contributed by atoms with Gasteiger partial charge in [-0.15, -0.1) is 0 Å². The maximum Gasteiger partial charge on any atom is 0.115 e. The number of anilines is 1. The van der Waals surface area contributed by atoms with Crippen molar-refractivity contribution in [1.82, 2.24) is 9.97 Å². The van der Waals surface area contributed by atoms with Gasteiger partial charge in [0, 0.05) is 4.11 Å². The molecule has 1 aromatic rings. The maximum absolute atomic E-state index is 6.98. The summed E-state index contributed by atoms with van der Waals surface area (Å²) in [5, 5.41) is 0. The molecular weight excluding hydrogens is 102 g/mol. The Bertz CT molecular complexity index is 257. The molecule has 1 heterocycles. The molecule has 1 aromatic heterocycles. The fourth-order valence-electron chi connectivity index (χ4n) is 0.340. The van der Waals surface area contributed by atoms with E-state index in [9.17, 15) is 0 Å². The molecule has 8 heavy (non-hydrogen) atoms. The van der Waals surface area contributed by atoms with E-state index in [0.717, 1.165) is 6.33 Å². The van der Waals surface area contributed by atoms with Crippen LogP contribution in [0.2, 0.25) is 0 Å². The highest BCUT2D eigenvalue weighted by Gasteiger charge is 1.87. The third-order valence-electron chi connectivity index (χ3n) is 0.741. The van der Waals surface area contributed by atoms with Gasteiger partial charge in [-0.05, 0) is 6.85 Å². The Morgan fingerprint density at radius 1 is 1.88 bits per heavy atom. The smallest absolute Gasteiger partial charge is 0.115 e. The lowest BCUT2D eigenvalue weighted by Gasteiger charge is -1.91. The number of nitrogen functional groups attached to an aromatic ring is 1. The summed E-state index contributed by atoms with van der Waals surface area (Å²) in [6.45, 7) is -2.24. The molecule has 0 aliphatic carbocycles. The second kappa shape index (κ2) is 1.78. The monoisotopic (exact) mass is 112 g/mol. The molecular formula is C5H7N3. The molecule has 1 rings (SSSR count). The summed E-state index contributed by atoms with van der Waals surface area (Å²) in [5.41, 5.74) is 5.34. The van der Waals surface area contributed by atoms with E-state index >= 15 is 0 Å². The van der Waals surface area contributed by atoms with Gasteiger partial charge in [-0.1, -0.05) is 0 Å². The van der Waals surface area contributed by atoms with Crippen molar-refractivity contribution in [1.29, 1.82) is 0 Å². The topological polar surface area (TPSA) is 51.8 Å². The lowest BCUT2D eigenvalue weighted by Crippen LogP contribution is -1.92. The SMILES string of the molecule is [2H]C([2H])([2H])c1ncncc1N. The van der Waals surface area contributed by atoms with Gasteiger partial charge in [0.25, 0.3) is 0 Å². The predicted molar refractivity (Wildman–Crippen MR) is 31.2 cm³/mol. The van der Waals surface area contributed by atoms with Gasteiger partial charge in [0.2, 0.25) is 0 Å². The lowest BCUT2D eigenvalue weighted by atomic mass is 10.4. The van der Waals surface area contributed by atoms with Gasteiger partial charge in [-0.2, -0.15) is 0 Å². The lowest BCUT2D eigenvalue weighted by molar-refractivity contribution is 1.11. The summed E-state index contributed by atoms with van der Waals surface area (Å²) in [6, 6.07) is 0. The minimum absolute atomic E-state index is 0.0903. The normalized spacial score (nSPS) is 16.2. The van der Waals surface area contributed by atoms with Crippen LogP contribution in [0, 0.1) is 6.85 Å². The number of aryl methyl sites for hydroxylation is 1. The van der Waals surface area contributed by atoms with Crippen molar-refractivity contribution < 1.29 is 4.11 Å². The molecule has 3 nitrogen and oxygen atoms in total. The average molecular weight is 112 g/mol. The van der Waals surface area contributed by atoms with Gasteiger partial charge in [0.05, 0.1) is 17.6 Å². The number of aromatic nitrogens is 2. The van der Waals surface area contributed by atoms with Gasteiger partial charge in [-0.3, -0.25) is 0 Å². The third kappa shape index (κ3) is 0.753. The van der Waals surface area contributed by atoms with Crippen LogP contribution in [0.5, 0.6) is 0 Å². The van der Waals surface area contributed by atoms with Crippen LogP contribution in [0.25, 0.3) is 0 Å². The zero-order valence-corrected chi connectivity index (χ0v) is 4.13. The van der Waals surface area contributed by atoms with E-state index < -0.39 is 6.85 Å². The van der Waals surface area contributed by atoms with Gasteiger partial charge >= 0.3 is 0 Å². The zero-order valence-electron chi connectivity index (χ0n) is 7.13. The van der Waals surface area contributed by atoms with Crippen LogP contribution in [0.15, 0.2) is 12.5 Å². The van der Waals surface area contributed by atoms with Crippen LogP contribution < -0.4 is 5.73 Å². The fraction of sp³-hybridized carbons (Fsp3) is 0.200. The minimum Gasteiger partial charge on any atom is -0.396 e. The molecule has 0 aliphatic heterocycles. The summed E-state index contributed by atoms with van der Waals surface area (Å²) < 4.78 is 20.9. The molecule has 0 amide bonds. The van der Waals surface area contributed by atoms with Crippen molar-refractivity contribution in [2.75, 3.05) is 5.73 Å². The molecule has 0 saturated carbocycles. The Balaban J connectivity index is 3.14. The zero-order chi connectivity index (χ0) is 8.48. The van der Waals surface area contributed by atoms with E-state index in [1.165, 1.54) is 6.20 Å². The summed E-state index contributed by atoms with van der Waals surface area (Å²) in [6.07, 6.45) is 2.44. The van der Waals surface area contributed by atoms with Gasteiger partial charge in [-0.25, -0.2) is 9.97 Å². The molecule has 42 valence electrons. The first kappa shape index (κ1) is 2.44. The Kier molecular flexibility index (Phi) is 0.541. The third-order valence-corrected chi connectivity index (χ3v) is 0.741. The van der Waals surface area contributed by atoms with Crippen LogP contribution in [0.3, 0.4) is 0 Å². The van der Waals surface area contributed by atoms with E-state index in [4.69, 9.17) is 9.85 Å². The molecule has 0 unspecified atom stereocenters. The van der Waals surface area contributed by atoms with Crippen LogP contribution in [-0.2, 0) is 0 Å². The Hall–Kier alpha value is -1.12. The van der Waals surface area contributed by atoms with Crippen molar-refractivity contribution in [2.45, 2.75) is 6.85 Å². The molecule has 0 radical (unpaired) electrons. The fourth-order valence-corrected chi connectivity index (χ4v) is 0.340. The van der Waals surface area contributed by atoms with E-state index in [0.29, 0.717) is 0 Å². The summed E-state index contributed by atoms with van der Waals surface area (Å²) >= 11 is 0. The molecule has 2 N–H and O–H groups in total. The molecule has 3 heteroatoms. The van der Waals surface area contributed by atoms with Gasteiger partial charge < -0.3 is 5.73 Å². The number of nitrogens with two attached hydrogens (primary N) is 1. The van der Waals surface area contributed by atoms with Crippen LogP contribution in [0.4, 0.5) is 5.69 Å². The Labute approximate surface area is 51.8 Å². The minimum atomic E-state index is -2.24. The highest BCUT2D eigenvalue weighted by Crippen LogP contribution is 1.99. The molecule has 0 saturated heterocycles. The first-order valence-corrected chi connectivity index (χ1v) is 2.08. The Morgan fingerprint density at radius 2 is 2.75 bits per heavy atom. The van der Waals surface area contributed by atoms with Crippen molar-refractivity contribution in [3.8, 4) is 0 Å². The second-order valence-electron chi connectivity index (χ2n) is 1.33.